The van der Waals surface area contributed by atoms with Crippen molar-refractivity contribution in [2.45, 2.75) is 32.1 Å². The van der Waals surface area contributed by atoms with Crippen molar-refractivity contribution in [2.24, 2.45) is 5.92 Å². The molecule has 1 saturated carbocycles. The summed E-state index contributed by atoms with van der Waals surface area (Å²) in [6.45, 7) is 0. The van der Waals surface area contributed by atoms with Gasteiger partial charge in [0.25, 0.3) is 17.5 Å². The lowest BCUT2D eigenvalue weighted by Crippen LogP contribution is -2.48. The molecule has 2 aromatic carbocycles. The number of hydrazine groups is 1. The first-order chi connectivity index (χ1) is 16.2. The molecular weight excluding hydrogens is 482 g/mol. The van der Waals surface area contributed by atoms with Crippen LogP contribution in [0.2, 0.25) is 5.02 Å². The molecule has 2 aromatic rings. The fraction of sp³-hybridized carbons (Fsp3) is 0.273. The van der Waals surface area contributed by atoms with E-state index in [0.717, 1.165) is 31.7 Å². The average molecular weight is 504 g/mol. The molecular formula is C22H22ClN5O5S. The zero-order valence-electron chi connectivity index (χ0n) is 17.9. The lowest BCUT2D eigenvalue weighted by atomic mass is 9.88. The Labute approximate surface area is 205 Å². The molecule has 0 radical (unpaired) electrons. The molecule has 1 fully saturated rings. The van der Waals surface area contributed by atoms with E-state index in [1.54, 1.807) is 24.3 Å². The molecule has 1 aliphatic carbocycles. The maximum atomic E-state index is 12.3. The molecule has 0 spiro atoms. The Hall–Kier alpha value is -3.57. The van der Waals surface area contributed by atoms with Crippen LogP contribution >= 0.6 is 23.8 Å². The Kier molecular flexibility index (Phi) is 8.50. The van der Waals surface area contributed by atoms with Crippen molar-refractivity contribution in [3.8, 4) is 0 Å². The molecule has 0 aromatic heterocycles. The Morgan fingerprint density at radius 3 is 2.24 bits per heavy atom. The highest BCUT2D eigenvalue weighted by Crippen LogP contribution is 2.26. The first-order valence-electron chi connectivity index (χ1n) is 10.5. The molecule has 0 saturated heterocycles. The molecule has 0 atom stereocenters. The van der Waals surface area contributed by atoms with Crippen LogP contribution in [0.1, 0.15) is 52.8 Å². The number of halogens is 1. The predicted octanol–water partition coefficient (Wildman–Crippen LogP) is 3.72. The van der Waals surface area contributed by atoms with Gasteiger partial charge in [0.2, 0.25) is 5.91 Å². The van der Waals surface area contributed by atoms with Crippen LogP contribution in [-0.4, -0.2) is 27.8 Å². The van der Waals surface area contributed by atoms with Gasteiger partial charge in [-0.25, -0.2) is 0 Å². The largest absolute Gasteiger partial charge is 0.326 e. The molecule has 4 N–H and O–H groups in total. The van der Waals surface area contributed by atoms with E-state index in [-0.39, 0.29) is 27.5 Å². The standard InChI is InChI=1S/C22H22ClN5O5S/c23-17-11-8-15(12-18(17)28(32)33)20(30)25-22(34)27-26-21(31)14-6-9-16(10-7-14)24-19(29)13-4-2-1-3-5-13/h6-13H,1-5H2,(H,24,29)(H,26,31)(H2,25,27,30,34). The fourth-order valence-corrected chi connectivity index (χ4v) is 3.83. The summed E-state index contributed by atoms with van der Waals surface area (Å²) >= 11 is 10.7. The first-order valence-corrected chi connectivity index (χ1v) is 11.3. The SMILES string of the molecule is O=C(NNC(=S)NC(=O)c1ccc(Cl)c([N+](=O)[O-])c1)c1ccc(NC(=O)C2CCCCC2)cc1. The minimum Gasteiger partial charge on any atom is -0.326 e. The van der Waals surface area contributed by atoms with Gasteiger partial charge >= 0.3 is 0 Å². The van der Waals surface area contributed by atoms with Gasteiger partial charge in [0, 0.05) is 28.8 Å². The molecule has 1 aliphatic rings. The monoisotopic (exact) mass is 503 g/mol. The summed E-state index contributed by atoms with van der Waals surface area (Å²) < 4.78 is 0. The summed E-state index contributed by atoms with van der Waals surface area (Å²) in [5, 5.41) is 15.8. The molecule has 0 heterocycles. The summed E-state index contributed by atoms with van der Waals surface area (Å²) in [5.41, 5.74) is 5.18. The number of nitro groups is 1. The Balaban J connectivity index is 1.48. The summed E-state index contributed by atoms with van der Waals surface area (Å²) in [7, 11) is 0. The van der Waals surface area contributed by atoms with Crippen molar-refractivity contribution in [1.82, 2.24) is 16.2 Å². The van der Waals surface area contributed by atoms with E-state index < -0.39 is 22.4 Å². The lowest BCUT2D eigenvalue weighted by molar-refractivity contribution is -0.384. The molecule has 10 nitrogen and oxygen atoms in total. The smallest absolute Gasteiger partial charge is 0.288 e. The second-order valence-corrected chi connectivity index (χ2v) is 8.50. The van der Waals surface area contributed by atoms with Crippen molar-refractivity contribution in [2.75, 3.05) is 5.32 Å². The molecule has 0 aliphatic heterocycles. The van der Waals surface area contributed by atoms with Gasteiger partial charge in [-0.3, -0.25) is 40.7 Å². The van der Waals surface area contributed by atoms with Crippen LogP contribution in [0.5, 0.6) is 0 Å². The number of nitrogens with zero attached hydrogens (tertiary/aromatic N) is 1. The third-order valence-electron chi connectivity index (χ3n) is 5.31. The van der Waals surface area contributed by atoms with Crippen molar-refractivity contribution < 1.29 is 19.3 Å². The van der Waals surface area contributed by atoms with Crippen molar-refractivity contribution in [1.29, 1.82) is 0 Å². The highest BCUT2D eigenvalue weighted by Gasteiger charge is 2.21. The van der Waals surface area contributed by atoms with Gasteiger partial charge < -0.3 is 5.32 Å². The summed E-state index contributed by atoms with van der Waals surface area (Å²) in [6, 6.07) is 9.90. The Morgan fingerprint density at radius 2 is 1.59 bits per heavy atom. The molecule has 34 heavy (non-hydrogen) atoms. The molecule has 3 amide bonds. The highest BCUT2D eigenvalue weighted by molar-refractivity contribution is 7.80. The fourth-order valence-electron chi connectivity index (χ4n) is 3.50. The summed E-state index contributed by atoms with van der Waals surface area (Å²) in [4.78, 5) is 47.2. The summed E-state index contributed by atoms with van der Waals surface area (Å²) in [5.74, 6) is -1.23. The van der Waals surface area contributed by atoms with E-state index in [4.69, 9.17) is 23.8 Å². The third-order valence-corrected chi connectivity index (χ3v) is 5.84. The maximum absolute atomic E-state index is 12.3. The van der Waals surface area contributed by atoms with Gasteiger partial charge in [0.15, 0.2) is 5.11 Å². The topological polar surface area (TPSA) is 142 Å². The van der Waals surface area contributed by atoms with E-state index in [1.165, 1.54) is 18.6 Å². The van der Waals surface area contributed by atoms with Gasteiger partial charge in [-0.1, -0.05) is 30.9 Å². The van der Waals surface area contributed by atoms with Crippen LogP contribution in [0.3, 0.4) is 0 Å². The number of amides is 3. The number of benzene rings is 2. The number of hydrogen-bond acceptors (Lipinski definition) is 6. The molecule has 178 valence electrons. The van der Waals surface area contributed by atoms with Crippen molar-refractivity contribution in [3.63, 3.8) is 0 Å². The number of nitrogens with one attached hydrogen (secondary N) is 4. The van der Waals surface area contributed by atoms with Gasteiger partial charge in [-0.15, -0.1) is 0 Å². The number of carbonyl (C=O) groups excluding carboxylic acids is 3. The van der Waals surface area contributed by atoms with E-state index in [1.807, 2.05) is 0 Å². The van der Waals surface area contributed by atoms with Crippen LogP contribution < -0.4 is 21.5 Å². The van der Waals surface area contributed by atoms with E-state index >= 15 is 0 Å². The molecule has 0 unspecified atom stereocenters. The average Bonchev–Trinajstić information content (AvgIpc) is 2.83. The zero-order valence-corrected chi connectivity index (χ0v) is 19.5. The van der Waals surface area contributed by atoms with E-state index in [2.05, 4.69) is 21.5 Å². The van der Waals surface area contributed by atoms with E-state index in [0.29, 0.717) is 11.3 Å². The second kappa shape index (κ2) is 11.5. The van der Waals surface area contributed by atoms with E-state index in [9.17, 15) is 24.5 Å². The molecule has 3 rings (SSSR count). The zero-order chi connectivity index (χ0) is 24.7. The third kappa shape index (κ3) is 6.72. The number of nitro benzene ring substituents is 1. The first kappa shape index (κ1) is 25.1. The van der Waals surface area contributed by atoms with Crippen LogP contribution in [0.15, 0.2) is 42.5 Å². The van der Waals surface area contributed by atoms with Crippen LogP contribution in [-0.2, 0) is 4.79 Å². The predicted molar refractivity (Wildman–Crippen MR) is 130 cm³/mol. The Bertz CT molecular complexity index is 1120. The summed E-state index contributed by atoms with van der Waals surface area (Å²) in [6.07, 6.45) is 5.07. The van der Waals surface area contributed by atoms with Gasteiger partial charge in [0.1, 0.15) is 5.02 Å². The number of carbonyl (C=O) groups is 3. The second-order valence-electron chi connectivity index (χ2n) is 7.69. The molecule has 0 bridgehead atoms. The quantitative estimate of drug-likeness (QED) is 0.276. The Morgan fingerprint density at radius 1 is 0.941 bits per heavy atom. The van der Waals surface area contributed by atoms with Crippen LogP contribution in [0.4, 0.5) is 11.4 Å². The normalized spacial score (nSPS) is 13.4. The minimum atomic E-state index is -0.718. The molecule has 12 heteroatoms. The van der Waals surface area contributed by atoms with Crippen molar-refractivity contribution >= 4 is 58.0 Å². The minimum absolute atomic E-state index is 0.00863. The highest BCUT2D eigenvalue weighted by atomic mass is 35.5. The number of rotatable bonds is 5. The van der Waals surface area contributed by atoms with Crippen molar-refractivity contribution in [3.05, 3.63) is 68.7 Å². The van der Waals surface area contributed by atoms with Gasteiger partial charge in [-0.05, 0) is 61.5 Å². The number of thiocarbonyl (C=S) groups is 1. The van der Waals surface area contributed by atoms with Gasteiger partial charge in [0.05, 0.1) is 4.92 Å². The van der Waals surface area contributed by atoms with Crippen LogP contribution in [0.25, 0.3) is 0 Å². The van der Waals surface area contributed by atoms with Gasteiger partial charge in [-0.2, -0.15) is 0 Å². The lowest BCUT2D eigenvalue weighted by Gasteiger charge is -2.20. The number of hydrogen-bond donors (Lipinski definition) is 4. The number of anilines is 1. The van der Waals surface area contributed by atoms with Crippen LogP contribution in [0, 0.1) is 16.0 Å². The maximum Gasteiger partial charge on any atom is 0.288 e.